The fourth-order valence-corrected chi connectivity index (χ4v) is 2.62. The van der Waals surface area contributed by atoms with Gasteiger partial charge in [-0.15, -0.1) is 0 Å². The Bertz CT molecular complexity index is 954. The van der Waals surface area contributed by atoms with Crippen LogP contribution >= 0.6 is 0 Å². The molecule has 0 radical (unpaired) electrons. The molecule has 3 rings (SSSR count). The second-order valence-electron chi connectivity index (χ2n) is 7.69. The molecule has 3 N–H and O–H groups in total. The molecule has 2 aromatic carbocycles. The molecule has 0 spiro atoms. The van der Waals surface area contributed by atoms with Crippen LogP contribution in [0.5, 0.6) is 5.75 Å². The molecule has 6 heteroatoms. The summed E-state index contributed by atoms with van der Waals surface area (Å²) in [6, 6.07) is 9.26. The third kappa shape index (κ3) is 4.81. The van der Waals surface area contributed by atoms with E-state index in [0.29, 0.717) is 23.6 Å². The highest BCUT2D eigenvalue weighted by molar-refractivity contribution is 6.04. The molecule has 1 heterocycles. The van der Waals surface area contributed by atoms with Crippen LogP contribution in [-0.4, -0.2) is 30.3 Å². The molecule has 1 unspecified atom stereocenters. The van der Waals surface area contributed by atoms with Crippen molar-refractivity contribution in [2.45, 2.75) is 26.8 Å². The Kier molecular flexibility index (Phi) is 5.57. The molecule has 0 bridgehead atoms. The molecule has 28 heavy (non-hydrogen) atoms. The molecular formula is C22H23FN2O3. The molecule has 1 aliphatic rings. The third-order valence-electron chi connectivity index (χ3n) is 4.06. The van der Waals surface area contributed by atoms with Crippen LogP contribution in [0.4, 0.5) is 15.8 Å². The van der Waals surface area contributed by atoms with Gasteiger partial charge in [-0.05, 0) is 51.1 Å². The number of anilines is 2. The van der Waals surface area contributed by atoms with Gasteiger partial charge in [0.15, 0.2) is 0 Å². The second kappa shape index (κ2) is 7.91. The van der Waals surface area contributed by atoms with E-state index in [-0.39, 0.29) is 23.6 Å². The Labute approximate surface area is 163 Å². The smallest absolute Gasteiger partial charge is 0.258 e. The molecule has 0 aliphatic carbocycles. The van der Waals surface area contributed by atoms with Gasteiger partial charge in [0, 0.05) is 22.7 Å². The summed E-state index contributed by atoms with van der Waals surface area (Å²) < 4.78 is 20.0. The van der Waals surface area contributed by atoms with Crippen LogP contribution in [0.15, 0.2) is 36.4 Å². The number of aliphatic hydroxyl groups is 1. The number of ether oxygens (including phenoxy) is 1. The summed E-state index contributed by atoms with van der Waals surface area (Å²) in [6.07, 6.45) is 0. The van der Waals surface area contributed by atoms with Gasteiger partial charge >= 0.3 is 0 Å². The van der Waals surface area contributed by atoms with Gasteiger partial charge in [-0.2, -0.15) is 0 Å². The van der Waals surface area contributed by atoms with E-state index in [2.05, 4.69) is 22.5 Å². The van der Waals surface area contributed by atoms with Crippen LogP contribution in [0.1, 0.15) is 36.7 Å². The summed E-state index contributed by atoms with van der Waals surface area (Å²) in [5, 5.41) is 15.0. The monoisotopic (exact) mass is 382 g/mol. The zero-order valence-corrected chi connectivity index (χ0v) is 16.1. The molecule has 0 fully saturated rings. The molecule has 146 valence electrons. The van der Waals surface area contributed by atoms with Gasteiger partial charge in [0.1, 0.15) is 18.2 Å². The normalized spacial score (nSPS) is 15.4. The minimum atomic E-state index is -0.625. The Morgan fingerprint density at radius 1 is 1.32 bits per heavy atom. The van der Waals surface area contributed by atoms with Crippen LogP contribution in [0.3, 0.4) is 0 Å². The predicted molar refractivity (Wildman–Crippen MR) is 107 cm³/mol. The average molecular weight is 382 g/mol. The largest absolute Gasteiger partial charge is 0.489 e. The van der Waals surface area contributed by atoms with E-state index in [0.717, 1.165) is 5.69 Å². The Balaban J connectivity index is 1.74. The number of aliphatic hydroxyl groups excluding tert-OH is 1. The Morgan fingerprint density at radius 3 is 2.79 bits per heavy atom. The lowest BCUT2D eigenvalue weighted by atomic mass is 9.97. The van der Waals surface area contributed by atoms with E-state index in [1.807, 2.05) is 20.8 Å². The molecule has 0 saturated carbocycles. The molecule has 1 aliphatic heterocycles. The standard InChI is InChI=1S/C22H23FN2O3/c1-22(2,3)9-8-14-4-6-17(18(23)10-14)21(27)25-15-5-7-19-20(11-15)28-13-16(12-26)24-19/h4-7,10-11,16,24,26H,12-13H2,1-3H3,(H,25,27). The summed E-state index contributed by atoms with van der Waals surface area (Å²) in [5.41, 5.74) is 1.50. The fraction of sp³-hybridized carbons (Fsp3) is 0.318. The van der Waals surface area contributed by atoms with Gasteiger partial charge in [-0.3, -0.25) is 4.79 Å². The van der Waals surface area contributed by atoms with Crippen molar-refractivity contribution in [3.05, 3.63) is 53.3 Å². The first-order valence-corrected chi connectivity index (χ1v) is 9.03. The highest BCUT2D eigenvalue weighted by atomic mass is 19.1. The van der Waals surface area contributed by atoms with E-state index < -0.39 is 11.7 Å². The van der Waals surface area contributed by atoms with Crippen molar-refractivity contribution in [3.8, 4) is 17.6 Å². The molecular weight excluding hydrogens is 359 g/mol. The number of amides is 1. The van der Waals surface area contributed by atoms with Crippen LogP contribution in [0.2, 0.25) is 0 Å². The van der Waals surface area contributed by atoms with E-state index in [1.54, 1.807) is 24.3 Å². The average Bonchev–Trinajstić information content (AvgIpc) is 2.65. The molecule has 1 atom stereocenters. The molecule has 0 saturated heterocycles. The lowest BCUT2D eigenvalue weighted by molar-refractivity contribution is 0.102. The van der Waals surface area contributed by atoms with Crippen molar-refractivity contribution in [2.24, 2.45) is 5.41 Å². The summed E-state index contributed by atoms with van der Waals surface area (Å²) in [4.78, 5) is 12.5. The van der Waals surface area contributed by atoms with Gasteiger partial charge in [0.05, 0.1) is 23.9 Å². The van der Waals surface area contributed by atoms with Gasteiger partial charge in [-0.25, -0.2) is 4.39 Å². The zero-order valence-electron chi connectivity index (χ0n) is 16.1. The minimum absolute atomic E-state index is 0.0344. The zero-order chi connectivity index (χ0) is 20.3. The summed E-state index contributed by atoms with van der Waals surface area (Å²) >= 11 is 0. The number of hydrogen-bond donors (Lipinski definition) is 3. The van der Waals surface area contributed by atoms with Crippen molar-refractivity contribution in [2.75, 3.05) is 23.8 Å². The van der Waals surface area contributed by atoms with E-state index in [4.69, 9.17) is 4.74 Å². The number of halogens is 1. The van der Waals surface area contributed by atoms with Gasteiger partial charge < -0.3 is 20.5 Å². The number of hydrogen-bond acceptors (Lipinski definition) is 4. The van der Waals surface area contributed by atoms with E-state index in [1.165, 1.54) is 12.1 Å². The maximum atomic E-state index is 14.4. The second-order valence-corrected chi connectivity index (χ2v) is 7.69. The van der Waals surface area contributed by atoms with Crippen molar-refractivity contribution < 1.29 is 19.0 Å². The van der Waals surface area contributed by atoms with Crippen molar-refractivity contribution in [3.63, 3.8) is 0 Å². The highest BCUT2D eigenvalue weighted by Gasteiger charge is 2.19. The first kappa shape index (κ1) is 19.7. The minimum Gasteiger partial charge on any atom is -0.489 e. The number of benzene rings is 2. The first-order chi connectivity index (χ1) is 13.2. The summed E-state index contributed by atoms with van der Waals surface area (Å²) in [5.74, 6) is 5.35. The van der Waals surface area contributed by atoms with Crippen LogP contribution < -0.4 is 15.4 Å². The van der Waals surface area contributed by atoms with Gasteiger partial charge in [0.2, 0.25) is 0 Å². The molecule has 2 aromatic rings. The van der Waals surface area contributed by atoms with Gasteiger partial charge in [-0.1, -0.05) is 11.8 Å². The maximum Gasteiger partial charge on any atom is 0.258 e. The SMILES string of the molecule is CC(C)(C)C#Cc1ccc(C(=O)Nc2ccc3c(c2)OCC(CO)N3)c(F)c1. The third-order valence-corrected chi connectivity index (χ3v) is 4.06. The summed E-state index contributed by atoms with van der Waals surface area (Å²) in [6.45, 7) is 6.21. The lowest BCUT2D eigenvalue weighted by Crippen LogP contribution is -2.34. The lowest BCUT2D eigenvalue weighted by Gasteiger charge is -2.26. The van der Waals surface area contributed by atoms with E-state index in [9.17, 15) is 14.3 Å². The van der Waals surface area contributed by atoms with Crippen molar-refractivity contribution in [1.29, 1.82) is 0 Å². The number of rotatable bonds is 3. The van der Waals surface area contributed by atoms with Crippen molar-refractivity contribution >= 4 is 17.3 Å². The Hall–Kier alpha value is -3.04. The summed E-state index contributed by atoms with van der Waals surface area (Å²) in [7, 11) is 0. The van der Waals surface area contributed by atoms with Crippen molar-refractivity contribution in [1.82, 2.24) is 0 Å². The van der Waals surface area contributed by atoms with E-state index >= 15 is 0 Å². The van der Waals surface area contributed by atoms with Crippen LogP contribution in [-0.2, 0) is 0 Å². The highest BCUT2D eigenvalue weighted by Crippen LogP contribution is 2.32. The number of fused-ring (bicyclic) bond motifs is 1. The predicted octanol–water partition coefficient (Wildman–Crippen LogP) is 3.64. The van der Waals surface area contributed by atoms with Crippen LogP contribution in [0, 0.1) is 23.1 Å². The number of nitrogens with one attached hydrogen (secondary N) is 2. The number of carbonyl (C=O) groups is 1. The quantitative estimate of drug-likeness (QED) is 0.709. The molecule has 0 aromatic heterocycles. The molecule has 1 amide bonds. The maximum absolute atomic E-state index is 14.4. The fourth-order valence-electron chi connectivity index (χ4n) is 2.62. The molecule has 5 nitrogen and oxygen atoms in total. The Morgan fingerprint density at radius 2 is 2.11 bits per heavy atom. The van der Waals surface area contributed by atoms with Crippen LogP contribution in [0.25, 0.3) is 0 Å². The first-order valence-electron chi connectivity index (χ1n) is 9.03. The topological polar surface area (TPSA) is 70.6 Å². The van der Waals surface area contributed by atoms with Gasteiger partial charge in [0.25, 0.3) is 5.91 Å². The number of carbonyl (C=O) groups excluding carboxylic acids is 1.